The van der Waals surface area contributed by atoms with Crippen LogP contribution < -0.4 is 5.73 Å². The molecule has 5 nitrogen and oxygen atoms in total. The number of nitrogens with two attached hydrogens (primary N) is 1. The van der Waals surface area contributed by atoms with Crippen LogP contribution in [0, 0.1) is 0 Å². The van der Waals surface area contributed by atoms with E-state index in [1.165, 1.54) is 0 Å². The molecule has 0 saturated carbocycles. The summed E-state index contributed by atoms with van der Waals surface area (Å²) < 4.78 is 3.64. The zero-order chi connectivity index (χ0) is 13.3. The minimum absolute atomic E-state index is 0.308. The number of rotatable bonds is 4. The van der Waals surface area contributed by atoms with Gasteiger partial charge in [0.05, 0.1) is 34.3 Å². The minimum Gasteiger partial charge on any atom is -0.318 e. The van der Waals surface area contributed by atoms with Crippen molar-refractivity contribution in [1.82, 2.24) is 19.6 Å². The highest BCUT2D eigenvalue weighted by atomic mass is 35.5. The molecule has 1 atom stereocenters. The van der Waals surface area contributed by atoms with Gasteiger partial charge in [-0.3, -0.25) is 9.36 Å². The van der Waals surface area contributed by atoms with Crippen molar-refractivity contribution in [3.8, 4) is 0 Å². The molecule has 2 N–H and O–H groups in total. The molecule has 0 aromatic carbocycles. The third-order valence-electron chi connectivity index (χ3n) is 3.07. The number of hydrogen-bond acceptors (Lipinski definition) is 3. The van der Waals surface area contributed by atoms with E-state index in [1.807, 2.05) is 24.7 Å². The minimum atomic E-state index is -0.308. The molecule has 0 spiro atoms. The Balaban J connectivity index is 2.45. The van der Waals surface area contributed by atoms with Gasteiger partial charge in [-0.1, -0.05) is 18.5 Å². The van der Waals surface area contributed by atoms with Gasteiger partial charge in [-0.15, -0.1) is 0 Å². The Hall–Kier alpha value is -1.33. The smallest absolute Gasteiger partial charge is 0.0909 e. The summed E-state index contributed by atoms with van der Waals surface area (Å²) in [6.45, 7) is 4.92. The maximum atomic E-state index is 6.30. The molecule has 2 heterocycles. The van der Waals surface area contributed by atoms with E-state index in [9.17, 15) is 0 Å². The van der Waals surface area contributed by atoms with Gasteiger partial charge in [-0.25, -0.2) is 0 Å². The van der Waals surface area contributed by atoms with Gasteiger partial charge in [-0.2, -0.15) is 10.2 Å². The molecule has 2 aromatic heterocycles. The van der Waals surface area contributed by atoms with Crippen LogP contribution in [0.5, 0.6) is 0 Å². The molecular formula is C12H18ClN5. The van der Waals surface area contributed by atoms with Crippen LogP contribution in [-0.4, -0.2) is 19.6 Å². The SMILES string of the molecule is CCc1cc(C(N)c2c(Cl)cnn2C)n(CC)n1. The van der Waals surface area contributed by atoms with E-state index in [4.69, 9.17) is 17.3 Å². The van der Waals surface area contributed by atoms with Gasteiger partial charge in [0.25, 0.3) is 0 Å². The normalized spacial score (nSPS) is 12.9. The molecule has 6 heteroatoms. The third-order valence-corrected chi connectivity index (χ3v) is 3.37. The highest BCUT2D eigenvalue weighted by molar-refractivity contribution is 6.31. The van der Waals surface area contributed by atoms with E-state index < -0.39 is 0 Å². The second kappa shape index (κ2) is 5.12. The first-order valence-electron chi connectivity index (χ1n) is 6.08. The molecule has 0 aliphatic heterocycles. The molecule has 98 valence electrons. The summed E-state index contributed by atoms with van der Waals surface area (Å²) in [6.07, 6.45) is 2.51. The summed E-state index contributed by atoms with van der Waals surface area (Å²) in [4.78, 5) is 0. The number of hydrogen-bond donors (Lipinski definition) is 1. The number of halogens is 1. The lowest BCUT2D eigenvalue weighted by Gasteiger charge is -2.14. The van der Waals surface area contributed by atoms with Crippen molar-refractivity contribution in [2.24, 2.45) is 12.8 Å². The van der Waals surface area contributed by atoms with Crippen LogP contribution in [0.3, 0.4) is 0 Å². The molecule has 0 amide bonds. The summed E-state index contributed by atoms with van der Waals surface area (Å²) in [5, 5.41) is 9.21. The molecule has 1 unspecified atom stereocenters. The molecule has 0 bridgehead atoms. The molecule has 0 aliphatic rings. The first-order chi connectivity index (χ1) is 8.58. The second-order valence-corrected chi connectivity index (χ2v) is 4.62. The average molecular weight is 268 g/mol. The molecule has 2 aromatic rings. The number of aromatic nitrogens is 4. The van der Waals surface area contributed by atoms with Gasteiger partial charge in [-0.05, 0) is 19.4 Å². The lowest BCUT2D eigenvalue weighted by Crippen LogP contribution is -2.20. The fourth-order valence-electron chi connectivity index (χ4n) is 2.07. The van der Waals surface area contributed by atoms with E-state index in [0.717, 1.165) is 30.0 Å². The van der Waals surface area contributed by atoms with Crippen LogP contribution in [-0.2, 0) is 20.0 Å². The predicted octanol–water partition coefficient (Wildman–Crippen LogP) is 1.90. The average Bonchev–Trinajstić information content (AvgIpc) is 2.92. The van der Waals surface area contributed by atoms with E-state index in [0.29, 0.717) is 5.02 Å². The standard InChI is InChI=1S/C12H18ClN5/c1-4-8-6-10(18(5-2)16-8)11(14)12-9(13)7-15-17(12)3/h6-7,11H,4-5,14H2,1-3H3. The summed E-state index contributed by atoms with van der Waals surface area (Å²) in [6, 6.07) is 1.73. The summed E-state index contributed by atoms with van der Waals surface area (Å²) in [7, 11) is 1.84. The van der Waals surface area contributed by atoms with Gasteiger partial charge < -0.3 is 5.73 Å². The predicted molar refractivity (Wildman–Crippen MR) is 71.5 cm³/mol. The second-order valence-electron chi connectivity index (χ2n) is 4.21. The van der Waals surface area contributed by atoms with Gasteiger partial charge in [0, 0.05) is 13.6 Å². The van der Waals surface area contributed by atoms with Crippen molar-refractivity contribution < 1.29 is 0 Å². The Kier molecular flexibility index (Phi) is 3.73. The zero-order valence-corrected chi connectivity index (χ0v) is 11.6. The monoisotopic (exact) mass is 267 g/mol. The molecule has 2 rings (SSSR count). The van der Waals surface area contributed by atoms with Gasteiger partial charge in [0.1, 0.15) is 0 Å². The van der Waals surface area contributed by atoms with Crippen molar-refractivity contribution >= 4 is 11.6 Å². The first-order valence-corrected chi connectivity index (χ1v) is 6.45. The highest BCUT2D eigenvalue weighted by Gasteiger charge is 2.21. The summed E-state index contributed by atoms with van der Waals surface area (Å²) >= 11 is 6.13. The van der Waals surface area contributed by atoms with Crippen LogP contribution in [0.1, 0.15) is 37.0 Å². The fraction of sp³-hybridized carbons (Fsp3) is 0.500. The maximum Gasteiger partial charge on any atom is 0.0909 e. The van der Waals surface area contributed by atoms with Crippen LogP contribution in [0.25, 0.3) is 0 Å². The summed E-state index contributed by atoms with van der Waals surface area (Å²) in [5.74, 6) is 0. The molecular weight excluding hydrogens is 250 g/mol. The Morgan fingerprint density at radius 2 is 2.17 bits per heavy atom. The van der Waals surface area contributed by atoms with Crippen molar-refractivity contribution in [3.63, 3.8) is 0 Å². The number of nitrogens with zero attached hydrogens (tertiary/aromatic N) is 4. The molecule has 0 radical (unpaired) electrons. The summed E-state index contributed by atoms with van der Waals surface area (Å²) in [5.41, 5.74) is 9.13. The van der Waals surface area contributed by atoms with E-state index in [1.54, 1.807) is 10.9 Å². The lowest BCUT2D eigenvalue weighted by molar-refractivity contribution is 0.575. The van der Waals surface area contributed by atoms with Crippen LogP contribution >= 0.6 is 11.6 Å². The molecule has 0 saturated heterocycles. The van der Waals surface area contributed by atoms with E-state index in [-0.39, 0.29) is 6.04 Å². The zero-order valence-electron chi connectivity index (χ0n) is 10.9. The Bertz CT molecular complexity index is 523. The molecule has 0 aliphatic carbocycles. The van der Waals surface area contributed by atoms with Crippen molar-refractivity contribution in [2.45, 2.75) is 32.9 Å². The fourth-order valence-corrected chi connectivity index (χ4v) is 2.36. The topological polar surface area (TPSA) is 61.7 Å². The Morgan fingerprint density at radius 3 is 2.67 bits per heavy atom. The quantitative estimate of drug-likeness (QED) is 0.920. The van der Waals surface area contributed by atoms with Crippen LogP contribution in [0.15, 0.2) is 12.3 Å². The van der Waals surface area contributed by atoms with Crippen molar-refractivity contribution in [2.75, 3.05) is 0 Å². The lowest BCUT2D eigenvalue weighted by atomic mass is 10.1. The Morgan fingerprint density at radius 1 is 1.44 bits per heavy atom. The molecule has 18 heavy (non-hydrogen) atoms. The molecule has 0 fully saturated rings. The number of aryl methyl sites for hydroxylation is 3. The van der Waals surface area contributed by atoms with Crippen molar-refractivity contribution in [1.29, 1.82) is 0 Å². The van der Waals surface area contributed by atoms with E-state index >= 15 is 0 Å². The van der Waals surface area contributed by atoms with Crippen LogP contribution in [0.4, 0.5) is 0 Å². The van der Waals surface area contributed by atoms with Crippen molar-refractivity contribution in [3.05, 3.63) is 34.4 Å². The highest BCUT2D eigenvalue weighted by Crippen LogP contribution is 2.26. The van der Waals surface area contributed by atoms with Gasteiger partial charge >= 0.3 is 0 Å². The van der Waals surface area contributed by atoms with E-state index in [2.05, 4.69) is 17.1 Å². The Labute approximate surface area is 112 Å². The largest absolute Gasteiger partial charge is 0.318 e. The van der Waals surface area contributed by atoms with Crippen LogP contribution in [0.2, 0.25) is 5.02 Å². The first kappa shape index (κ1) is 13.1. The van der Waals surface area contributed by atoms with Gasteiger partial charge in [0.2, 0.25) is 0 Å². The third kappa shape index (κ3) is 2.15. The van der Waals surface area contributed by atoms with Gasteiger partial charge in [0.15, 0.2) is 0 Å². The maximum absolute atomic E-state index is 6.30.